The first kappa shape index (κ1) is 24.3. The Balaban J connectivity index is 0.000000191. The molecule has 34 heavy (non-hydrogen) atoms. The number of carbonyl (C=O) groups is 3. The number of aromatic carboxylic acids is 1. The topological polar surface area (TPSA) is 80.7 Å². The van der Waals surface area contributed by atoms with Crippen molar-refractivity contribution in [1.82, 2.24) is 0 Å². The summed E-state index contributed by atoms with van der Waals surface area (Å²) in [4.78, 5) is 35.4. The van der Waals surface area contributed by atoms with Gasteiger partial charge in [0, 0.05) is 23.8 Å². The molecule has 4 rings (SSSR count). The van der Waals surface area contributed by atoms with Crippen LogP contribution in [0.4, 0.5) is 0 Å². The first-order valence-corrected chi connectivity index (χ1v) is 10.6. The van der Waals surface area contributed by atoms with Gasteiger partial charge in [-0.15, -0.1) is 0 Å². The third-order valence-electron chi connectivity index (χ3n) is 5.07. The lowest BCUT2D eigenvalue weighted by Crippen LogP contribution is -2.14. The van der Waals surface area contributed by atoms with E-state index in [4.69, 9.17) is 9.84 Å². The van der Waals surface area contributed by atoms with Gasteiger partial charge in [-0.25, -0.2) is 4.79 Å². The van der Waals surface area contributed by atoms with Gasteiger partial charge in [0.1, 0.15) is 6.10 Å². The first-order valence-electron chi connectivity index (χ1n) is 10.6. The summed E-state index contributed by atoms with van der Waals surface area (Å²) in [5.41, 5.74) is 2.28. The van der Waals surface area contributed by atoms with Crippen LogP contribution in [0.3, 0.4) is 0 Å². The molecule has 0 amide bonds. The van der Waals surface area contributed by atoms with E-state index in [1.54, 1.807) is 61.7 Å². The molecule has 0 fully saturated rings. The van der Waals surface area contributed by atoms with E-state index in [2.05, 4.69) is 0 Å². The molecule has 0 aliphatic rings. The number of Topliss-reactive ketones (excluding diaryl/α,β-unsaturated/α-hetero) is 1. The van der Waals surface area contributed by atoms with Crippen LogP contribution in [-0.2, 0) is 4.74 Å². The monoisotopic (exact) mass is 452 g/mol. The maximum absolute atomic E-state index is 12.3. The maximum atomic E-state index is 12.3. The highest BCUT2D eigenvalue weighted by Crippen LogP contribution is 2.21. The molecule has 1 unspecified atom stereocenters. The number of carbonyl (C=O) groups excluding carboxylic acids is 2. The molecule has 0 aromatic heterocycles. The molecule has 0 saturated carbocycles. The van der Waals surface area contributed by atoms with Gasteiger partial charge in [-0.05, 0) is 11.6 Å². The van der Waals surface area contributed by atoms with Crippen LogP contribution in [0, 0.1) is 0 Å². The highest BCUT2D eigenvalue weighted by molar-refractivity contribution is 6.14. The largest absolute Gasteiger partial charge is 0.478 e. The Morgan fingerprint density at radius 2 is 1.06 bits per heavy atom. The van der Waals surface area contributed by atoms with Crippen molar-refractivity contribution in [3.8, 4) is 0 Å². The van der Waals surface area contributed by atoms with E-state index in [1.807, 2.05) is 48.5 Å². The highest BCUT2D eigenvalue weighted by Gasteiger charge is 2.21. The zero-order valence-electron chi connectivity index (χ0n) is 18.6. The van der Waals surface area contributed by atoms with Crippen LogP contribution in [0.25, 0.3) is 0 Å². The lowest BCUT2D eigenvalue weighted by Gasteiger charge is -2.14. The Hall–Kier alpha value is -4.35. The van der Waals surface area contributed by atoms with E-state index in [-0.39, 0.29) is 22.7 Å². The van der Waals surface area contributed by atoms with Crippen LogP contribution in [-0.4, -0.2) is 29.8 Å². The lowest BCUT2D eigenvalue weighted by atomic mass is 9.98. The third-order valence-corrected chi connectivity index (χ3v) is 5.07. The average molecular weight is 453 g/mol. The summed E-state index contributed by atoms with van der Waals surface area (Å²) < 4.78 is 5.30. The molecule has 0 aliphatic heterocycles. The van der Waals surface area contributed by atoms with Crippen LogP contribution in [0.15, 0.2) is 115 Å². The molecule has 0 heterocycles. The zero-order valence-corrected chi connectivity index (χ0v) is 18.6. The minimum absolute atomic E-state index is 0.0145. The highest BCUT2D eigenvalue weighted by atomic mass is 16.5. The molecule has 0 saturated heterocycles. The van der Waals surface area contributed by atoms with Crippen LogP contribution in [0.1, 0.15) is 48.3 Å². The molecule has 1 N–H and O–H groups in total. The number of carboxylic acids is 1. The van der Waals surface area contributed by atoms with E-state index in [1.165, 1.54) is 12.1 Å². The number of ether oxygens (including phenoxy) is 1. The Morgan fingerprint density at radius 1 is 0.618 bits per heavy atom. The molecular formula is C29H24O5. The molecule has 0 spiro atoms. The summed E-state index contributed by atoms with van der Waals surface area (Å²) in [5.74, 6) is -1.38. The van der Waals surface area contributed by atoms with Gasteiger partial charge < -0.3 is 9.84 Å². The Morgan fingerprint density at radius 3 is 1.56 bits per heavy atom. The SMILES string of the molecule is COC(C(=O)c1ccccc1)c1ccccc1.O=C(O)c1ccccc1C(=O)c1ccccc1. The molecule has 4 aromatic rings. The van der Waals surface area contributed by atoms with Gasteiger partial charge in [-0.1, -0.05) is 109 Å². The Kier molecular flexibility index (Phi) is 8.60. The van der Waals surface area contributed by atoms with E-state index in [9.17, 15) is 14.4 Å². The molecule has 0 aliphatic carbocycles. The van der Waals surface area contributed by atoms with Crippen molar-refractivity contribution in [2.24, 2.45) is 0 Å². The van der Waals surface area contributed by atoms with Crippen LogP contribution >= 0.6 is 0 Å². The van der Waals surface area contributed by atoms with Gasteiger partial charge in [-0.3, -0.25) is 9.59 Å². The van der Waals surface area contributed by atoms with Crippen molar-refractivity contribution in [3.05, 3.63) is 143 Å². The van der Waals surface area contributed by atoms with Crippen molar-refractivity contribution >= 4 is 17.5 Å². The van der Waals surface area contributed by atoms with Crippen molar-refractivity contribution in [2.75, 3.05) is 7.11 Å². The summed E-state index contributed by atoms with van der Waals surface area (Å²) in [5, 5.41) is 9.01. The van der Waals surface area contributed by atoms with E-state index >= 15 is 0 Å². The molecule has 170 valence electrons. The standard InChI is InChI=1S/C15H14O2.C14H10O3/c1-17-15(13-10-6-3-7-11-13)14(16)12-8-4-2-5-9-12;15-13(10-6-2-1-3-7-10)11-8-4-5-9-12(11)14(16)17/h2-11,15H,1H3;1-9H,(H,16,17). The fourth-order valence-corrected chi connectivity index (χ4v) is 3.39. The van der Waals surface area contributed by atoms with Gasteiger partial charge in [-0.2, -0.15) is 0 Å². The van der Waals surface area contributed by atoms with Crippen molar-refractivity contribution in [2.45, 2.75) is 6.10 Å². The Bertz CT molecular complexity index is 1240. The zero-order chi connectivity index (χ0) is 24.3. The molecular weight excluding hydrogens is 428 g/mol. The minimum Gasteiger partial charge on any atom is -0.478 e. The van der Waals surface area contributed by atoms with Gasteiger partial charge in [0.15, 0.2) is 11.6 Å². The number of carboxylic acid groups (broad SMARTS) is 1. The van der Waals surface area contributed by atoms with Gasteiger partial charge in [0.25, 0.3) is 0 Å². The second kappa shape index (κ2) is 12.0. The predicted octanol–water partition coefficient (Wildman–Crippen LogP) is 5.87. The predicted molar refractivity (Wildman–Crippen MR) is 130 cm³/mol. The summed E-state index contributed by atoms with van der Waals surface area (Å²) >= 11 is 0. The summed E-state index contributed by atoms with van der Waals surface area (Å²) in [7, 11) is 1.55. The third kappa shape index (κ3) is 6.12. The van der Waals surface area contributed by atoms with E-state index in [0.717, 1.165) is 5.56 Å². The fourth-order valence-electron chi connectivity index (χ4n) is 3.39. The first-order chi connectivity index (χ1) is 16.5. The quantitative estimate of drug-likeness (QED) is 0.355. The number of hydrogen-bond donors (Lipinski definition) is 1. The molecule has 0 radical (unpaired) electrons. The number of hydrogen-bond acceptors (Lipinski definition) is 4. The van der Waals surface area contributed by atoms with Crippen molar-refractivity contribution < 1.29 is 24.2 Å². The summed E-state index contributed by atoms with van der Waals surface area (Å²) in [6, 6.07) is 33.6. The second-order valence-corrected chi connectivity index (χ2v) is 7.30. The molecule has 0 bridgehead atoms. The molecule has 5 heteroatoms. The fraction of sp³-hybridized carbons (Fsp3) is 0.0690. The van der Waals surface area contributed by atoms with Crippen molar-refractivity contribution in [1.29, 1.82) is 0 Å². The molecule has 5 nitrogen and oxygen atoms in total. The summed E-state index contributed by atoms with van der Waals surface area (Å²) in [6.45, 7) is 0. The van der Waals surface area contributed by atoms with Crippen molar-refractivity contribution in [3.63, 3.8) is 0 Å². The Labute approximate surface area is 198 Å². The van der Waals surface area contributed by atoms with Gasteiger partial charge >= 0.3 is 5.97 Å². The van der Waals surface area contributed by atoms with Crippen LogP contribution in [0.2, 0.25) is 0 Å². The van der Waals surface area contributed by atoms with Crippen LogP contribution < -0.4 is 0 Å². The number of methoxy groups -OCH3 is 1. The minimum atomic E-state index is -1.09. The number of benzene rings is 4. The number of ketones is 2. The average Bonchev–Trinajstić information content (AvgIpc) is 2.90. The van der Waals surface area contributed by atoms with Gasteiger partial charge in [0.05, 0.1) is 5.56 Å². The maximum Gasteiger partial charge on any atom is 0.336 e. The summed E-state index contributed by atoms with van der Waals surface area (Å²) in [6.07, 6.45) is -0.529. The molecule has 1 atom stereocenters. The van der Waals surface area contributed by atoms with E-state index in [0.29, 0.717) is 11.1 Å². The van der Waals surface area contributed by atoms with Gasteiger partial charge in [0.2, 0.25) is 0 Å². The normalized spacial score (nSPS) is 11.0. The van der Waals surface area contributed by atoms with Crippen LogP contribution in [0.5, 0.6) is 0 Å². The second-order valence-electron chi connectivity index (χ2n) is 7.30. The molecule has 4 aromatic carbocycles. The smallest absolute Gasteiger partial charge is 0.336 e. The lowest BCUT2D eigenvalue weighted by molar-refractivity contribution is 0.0604. The number of rotatable bonds is 7. The van der Waals surface area contributed by atoms with E-state index < -0.39 is 12.1 Å².